The van der Waals surface area contributed by atoms with Gasteiger partial charge in [-0.2, -0.15) is 0 Å². The van der Waals surface area contributed by atoms with E-state index < -0.39 is 0 Å². The highest BCUT2D eigenvalue weighted by Crippen LogP contribution is 2.23. The monoisotopic (exact) mass is 311 g/mol. The van der Waals surface area contributed by atoms with Gasteiger partial charge in [-0.3, -0.25) is 0 Å². The molecule has 3 rings (SSSR count). The van der Waals surface area contributed by atoms with E-state index in [1.807, 2.05) is 49.2 Å². The quantitative estimate of drug-likeness (QED) is 0.722. The number of fused-ring (bicyclic) bond motifs is 1. The van der Waals surface area contributed by atoms with Crippen LogP contribution in [-0.4, -0.2) is 30.2 Å². The van der Waals surface area contributed by atoms with E-state index in [0.29, 0.717) is 29.9 Å². The standard InChI is InChI=1S/C18H18FN3O/c1-13-5-3-6-14(11-13)23-10-9-22(2)18-15-7-4-8-16(19)17(15)20-12-21-18/h3-8,11-12H,9-10H2,1-2H3. The Labute approximate surface area is 134 Å². The van der Waals surface area contributed by atoms with Gasteiger partial charge in [0.15, 0.2) is 0 Å². The van der Waals surface area contributed by atoms with Crippen LogP contribution >= 0.6 is 0 Å². The van der Waals surface area contributed by atoms with E-state index in [1.165, 1.54) is 12.4 Å². The number of hydrogen-bond donors (Lipinski definition) is 0. The van der Waals surface area contributed by atoms with Crippen molar-refractivity contribution in [2.24, 2.45) is 0 Å². The molecule has 0 aliphatic heterocycles. The number of anilines is 1. The normalized spacial score (nSPS) is 10.7. The molecule has 23 heavy (non-hydrogen) atoms. The lowest BCUT2D eigenvalue weighted by atomic mass is 10.2. The Kier molecular flexibility index (Phi) is 4.37. The van der Waals surface area contributed by atoms with Gasteiger partial charge in [0, 0.05) is 12.4 Å². The molecule has 5 heteroatoms. The van der Waals surface area contributed by atoms with Crippen LogP contribution in [-0.2, 0) is 0 Å². The first-order chi connectivity index (χ1) is 11.1. The van der Waals surface area contributed by atoms with Crippen LogP contribution in [0.25, 0.3) is 10.9 Å². The Morgan fingerprint density at radius 2 is 1.96 bits per heavy atom. The first-order valence-electron chi connectivity index (χ1n) is 7.45. The predicted molar refractivity (Wildman–Crippen MR) is 89.4 cm³/mol. The lowest BCUT2D eigenvalue weighted by Gasteiger charge is -2.19. The zero-order valence-electron chi connectivity index (χ0n) is 13.2. The summed E-state index contributed by atoms with van der Waals surface area (Å²) in [4.78, 5) is 10.2. The summed E-state index contributed by atoms with van der Waals surface area (Å²) in [6.07, 6.45) is 1.39. The molecule has 0 atom stereocenters. The van der Waals surface area contributed by atoms with Gasteiger partial charge in [0.1, 0.15) is 35.8 Å². The van der Waals surface area contributed by atoms with Crippen LogP contribution < -0.4 is 9.64 Å². The average molecular weight is 311 g/mol. The van der Waals surface area contributed by atoms with Crippen molar-refractivity contribution >= 4 is 16.7 Å². The van der Waals surface area contributed by atoms with Crippen molar-refractivity contribution in [3.8, 4) is 5.75 Å². The van der Waals surface area contributed by atoms with Gasteiger partial charge in [0.05, 0.1) is 6.54 Å². The number of benzene rings is 2. The van der Waals surface area contributed by atoms with Crippen LogP contribution in [0.15, 0.2) is 48.8 Å². The molecular formula is C18H18FN3O. The molecule has 0 saturated carbocycles. The van der Waals surface area contributed by atoms with Crippen molar-refractivity contribution in [2.75, 3.05) is 25.1 Å². The topological polar surface area (TPSA) is 38.2 Å². The van der Waals surface area contributed by atoms with E-state index in [4.69, 9.17) is 4.74 Å². The van der Waals surface area contributed by atoms with Gasteiger partial charge in [-0.1, -0.05) is 18.2 Å². The summed E-state index contributed by atoms with van der Waals surface area (Å²) >= 11 is 0. The van der Waals surface area contributed by atoms with E-state index in [1.54, 1.807) is 6.07 Å². The second-order valence-corrected chi connectivity index (χ2v) is 5.42. The first kappa shape index (κ1) is 15.2. The van der Waals surface area contributed by atoms with Crippen molar-refractivity contribution in [1.29, 1.82) is 0 Å². The van der Waals surface area contributed by atoms with Crippen LogP contribution in [0.5, 0.6) is 5.75 Å². The lowest BCUT2D eigenvalue weighted by molar-refractivity contribution is 0.325. The summed E-state index contributed by atoms with van der Waals surface area (Å²) in [5.41, 5.74) is 1.50. The van der Waals surface area contributed by atoms with Gasteiger partial charge >= 0.3 is 0 Å². The summed E-state index contributed by atoms with van der Waals surface area (Å²) in [6.45, 7) is 3.18. The molecule has 3 aromatic rings. The molecule has 118 valence electrons. The third kappa shape index (κ3) is 3.39. The maximum absolute atomic E-state index is 13.8. The summed E-state index contributed by atoms with van der Waals surface area (Å²) in [5, 5.41) is 0.700. The fourth-order valence-corrected chi connectivity index (χ4v) is 2.45. The largest absolute Gasteiger partial charge is 0.492 e. The summed E-state index contributed by atoms with van der Waals surface area (Å²) in [5.74, 6) is 1.20. The van der Waals surface area contributed by atoms with Crippen molar-refractivity contribution in [1.82, 2.24) is 9.97 Å². The predicted octanol–water partition coefficient (Wildman–Crippen LogP) is 3.59. The fraction of sp³-hybridized carbons (Fsp3) is 0.222. The minimum absolute atomic E-state index is 0.337. The van der Waals surface area contributed by atoms with Crippen molar-refractivity contribution in [3.63, 3.8) is 0 Å². The van der Waals surface area contributed by atoms with E-state index in [2.05, 4.69) is 9.97 Å². The second kappa shape index (κ2) is 6.60. The molecule has 2 aromatic carbocycles. The molecule has 0 bridgehead atoms. The minimum Gasteiger partial charge on any atom is -0.492 e. The van der Waals surface area contributed by atoms with Crippen LogP contribution in [0.2, 0.25) is 0 Å². The van der Waals surface area contributed by atoms with E-state index in [9.17, 15) is 4.39 Å². The molecule has 1 heterocycles. The molecule has 0 fully saturated rings. The highest BCUT2D eigenvalue weighted by Gasteiger charge is 2.11. The Morgan fingerprint density at radius 3 is 2.78 bits per heavy atom. The summed E-state index contributed by atoms with van der Waals surface area (Å²) in [6, 6.07) is 12.8. The van der Waals surface area contributed by atoms with Crippen molar-refractivity contribution < 1.29 is 9.13 Å². The molecule has 0 radical (unpaired) electrons. The zero-order valence-corrected chi connectivity index (χ0v) is 13.2. The maximum atomic E-state index is 13.8. The van der Waals surface area contributed by atoms with Crippen LogP contribution in [0.1, 0.15) is 5.56 Å². The van der Waals surface area contributed by atoms with Gasteiger partial charge in [0.25, 0.3) is 0 Å². The van der Waals surface area contributed by atoms with Gasteiger partial charge in [-0.25, -0.2) is 14.4 Å². The van der Waals surface area contributed by atoms with Gasteiger partial charge in [-0.15, -0.1) is 0 Å². The molecule has 0 amide bonds. The zero-order chi connectivity index (χ0) is 16.2. The Bertz CT molecular complexity index is 822. The number of halogens is 1. The third-order valence-electron chi connectivity index (χ3n) is 3.64. The van der Waals surface area contributed by atoms with Crippen LogP contribution in [0, 0.1) is 12.7 Å². The molecule has 1 aromatic heterocycles. The number of hydrogen-bond acceptors (Lipinski definition) is 4. The van der Waals surface area contributed by atoms with Crippen molar-refractivity contribution in [3.05, 3.63) is 60.2 Å². The molecule has 0 N–H and O–H groups in total. The number of ether oxygens (including phenoxy) is 1. The van der Waals surface area contributed by atoms with Gasteiger partial charge in [-0.05, 0) is 36.8 Å². The van der Waals surface area contributed by atoms with E-state index in [-0.39, 0.29) is 5.82 Å². The van der Waals surface area contributed by atoms with Crippen LogP contribution in [0.4, 0.5) is 10.2 Å². The highest BCUT2D eigenvalue weighted by molar-refractivity contribution is 5.89. The molecule has 0 saturated heterocycles. The van der Waals surface area contributed by atoms with Gasteiger partial charge < -0.3 is 9.64 Å². The molecule has 0 aliphatic rings. The molecule has 4 nitrogen and oxygen atoms in total. The Morgan fingerprint density at radius 1 is 1.13 bits per heavy atom. The summed E-state index contributed by atoms with van der Waals surface area (Å²) in [7, 11) is 1.91. The van der Waals surface area contributed by atoms with Crippen molar-refractivity contribution in [2.45, 2.75) is 6.92 Å². The Balaban J connectivity index is 1.71. The minimum atomic E-state index is -0.337. The molecule has 0 unspecified atom stereocenters. The smallest absolute Gasteiger partial charge is 0.149 e. The average Bonchev–Trinajstić information content (AvgIpc) is 2.55. The first-order valence-corrected chi connectivity index (χ1v) is 7.45. The number of aryl methyl sites for hydroxylation is 1. The van der Waals surface area contributed by atoms with E-state index >= 15 is 0 Å². The fourth-order valence-electron chi connectivity index (χ4n) is 2.45. The Hall–Kier alpha value is -2.69. The lowest BCUT2D eigenvalue weighted by Crippen LogP contribution is -2.25. The number of nitrogens with zero attached hydrogens (tertiary/aromatic N) is 3. The van der Waals surface area contributed by atoms with Crippen LogP contribution in [0.3, 0.4) is 0 Å². The molecule has 0 aliphatic carbocycles. The number of likely N-dealkylation sites (N-methyl/N-ethyl adjacent to an activating group) is 1. The maximum Gasteiger partial charge on any atom is 0.149 e. The third-order valence-corrected chi connectivity index (χ3v) is 3.64. The SMILES string of the molecule is Cc1cccc(OCCN(C)c2ncnc3c(F)cccc23)c1. The highest BCUT2D eigenvalue weighted by atomic mass is 19.1. The number of aromatic nitrogens is 2. The summed E-state index contributed by atoms with van der Waals surface area (Å²) < 4.78 is 19.6. The molecular weight excluding hydrogens is 293 g/mol. The van der Waals surface area contributed by atoms with Gasteiger partial charge in [0.2, 0.25) is 0 Å². The molecule has 0 spiro atoms. The van der Waals surface area contributed by atoms with E-state index in [0.717, 1.165) is 11.3 Å². The number of para-hydroxylation sites is 1. The number of rotatable bonds is 5. The second-order valence-electron chi connectivity index (χ2n) is 5.42.